The summed E-state index contributed by atoms with van der Waals surface area (Å²) in [4.78, 5) is 0. The van der Waals surface area contributed by atoms with E-state index < -0.39 is 5.54 Å². The van der Waals surface area contributed by atoms with Gasteiger partial charge in [0.05, 0.1) is 17.1 Å². The minimum absolute atomic E-state index is 0.0624. The second kappa shape index (κ2) is 10.0. The lowest BCUT2D eigenvalue weighted by Gasteiger charge is -2.75. The molecule has 218 valence electrons. The Morgan fingerprint density at radius 2 is 1.88 bits per heavy atom. The highest BCUT2D eigenvalue weighted by Crippen LogP contribution is 2.70. The van der Waals surface area contributed by atoms with E-state index in [-0.39, 0.29) is 35.6 Å². The van der Waals surface area contributed by atoms with Gasteiger partial charge in [0.15, 0.2) is 0 Å². The van der Waals surface area contributed by atoms with Crippen molar-refractivity contribution in [3.8, 4) is 17.6 Å². The molecule has 7 aliphatic rings. The molecule has 5 N–H and O–H groups in total. The Morgan fingerprint density at radius 1 is 1.07 bits per heavy atom. The number of phenolic OH excluding ortho intramolecular Hbond substituents is 1. The predicted octanol–water partition coefficient (Wildman–Crippen LogP) is 5.09. The van der Waals surface area contributed by atoms with E-state index in [2.05, 4.69) is 24.1 Å². The maximum atomic E-state index is 10.8. The lowest BCUT2D eigenvalue weighted by atomic mass is 9.39. The third-order valence-electron chi connectivity index (χ3n) is 12.9. The number of aliphatic hydroxyl groups excluding tert-OH is 1. The van der Waals surface area contributed by atoms with Gasteiger partial charge in [-0.1, -0.05) is 37.5 Å². The molecule has 2 heterocycles. The smallest absolute Gasteiger partial charge is 0.116 e. The number of nitrogens with one attached hydrogen (secondary N) is 1. The fourth-order valence-electron chi connectivity index (χ4n) is 11.4. The molecule has 1 spiro atoms. The van der Waals surface area contributed by atoms with Crippen molar-refractivity contribution >= 4 is 0 Å². The molecule has 5 heteroatoms. The minimum Gasteiger partial charge on any atom is -0.508 e. The average molecular weight is 547 g/mol. The lowest BCUT2D eigenvalue weighted by molar-refractivity contribution is -0.357. The van der Waals surface area contributed by atoms with E-state index >= 15 is 0 Å². The molecule has 8 rings (SSSR count). The fourth-order valence-corrected chi connectivity index (χ4v) is 11.4. The van der Waals surface area contributed by atoms with Crippen LogP contribution in [0.2, 0.25) is 0 Å². The highest BCUT2D eigenvalue weighted by atomic mass is 16.5. The maximum absolute atomic E-state index is 10.8. The fraction of sp³-hybridized carbons (Fsp3) is 0.771. The van der Waals surface area contributed by atoms with Gasteiger partial charge in [0.25, 0.3) is 0 Å². The van der Waals surface area contributed by atoms with Gasteiger partial charge in [-0.3, -0.25) is 0 Å². The molecule has 0 radical (unpaired) electrons. The van der Waals surface area contributed by atoms with Gasteiger partial charge in [0.2, 0.25) is 0 Å². The van der Waals surface area contributed by atoms with Crippen LogP contribution in [0.5, 0.6) is 5.75 Å². The standard InChI is InChI=1S/C35H50N2O3/c1-33(26-9-3-4-10-26)32-24-13-14-28(21-38)35(32,36)31-12-6-8-23-17-29(39)18-25(20-37-2)30(23)16-22-7-5-11-27(15-22)34(31,19-24)40-33/h17-18,22,24,26-28,31-32,37-39H,3-5,7-11,13-16,19-21,36H2,1-2H3/t22-,24+,27+,28+,31?,32+,33-,34+,35-/m0/s1. The molecule has 0 amide bonds. The molecular weight excluding hydrogens is 496 g/mol. The van der Waals surface area contributed by atoms with Gasteiger partial charge in [-0.15, -0.1) is 0 Å². The van der Waals surface area contributed by atoms with Crippen molar-refractivity contribution in [1.82, 2.24) is 5.32 Å². The van der Waals surface area contributed by atoms with Crippen molar-refractivity contribution in [2.45, 2.75) is 114 Å². The molecule has 1 aromatic carbocycles. The SMILES string of the molecule is CNCc1cc(O)cc2c1C[C@H]1CCC[C@H](C1)[C@]13C[C@H]4CC[C@H](CO)[C@](N)(C1C#CC2)[C@H]4[C@](C)(C1CCCC1)O3. The number of nitrogens with two attached hydrogens (primary N) is 1. The number of fused-ring (bicyclic) bond motifs is 4. The first-order valence-corrected chi connectivity index (χ1v) is 16.4. The molecule has 1 aromatic rings. The van der Waals surface area contributed by atoms with E-state index in [1.54, 1.807) is 0 Å². The monoisotopic (exact) mass is 546 g/mol. The van der Waals surface area contributed by atoms with Crippen LogP contribution in [0.25, 0.3) is 0 Å². The highest BCUT2D eigenvalue weighted by Gasteiger charge is 2.76. The Bertz CT molecular complexity index is 1200. The Balaban J connectivity index is 1.39. The molecule has 0 aromatic heterocycles. The van der Waals surface area contributed by atoms with Crippen LogP contribution in [0.1, 0.15) is 94.2 Å². The van der Waals surface area contributed by atoms with Crippen LogP contribution < -0.4 is 11.1 Å². The molecule has 9 atom stereocenters. The van der Waals surface area contributed by atoms with Crippen LogP contribution in [-0.2, 0) is 24.1 Å². The Labute approximate surface area is 241 Å². The third kappa shape index (κ3) is 3.89. The zero-order valence-corrected chi connectivity index (χ0v) is 24.7. The summed E-state index contributed by atoms with van der Waals surface area (Å²) < 4.78 is 7.75. The summed E-state index contributed by atoms with van der Waals surface area (Å²) >= 11 is 0. The largest absolute Gasteiger partial charge is 0.508 e. The molecule has 5 nitrogen and oxygen atoms in total. The number of aromatic hydroxyl groups is 1. The van der Waals surface area contributed by atoms with Gasteiger partial charge in [0, 0.05) is 36.9 Å². The zero-order chi connectivity index (χ0) is 27.7. The number of rotatable bonds is 4. The van der Waals surface area contributed by atoms with Crippen molar-refractivity contribution in [2.24, 2.45) is 47.2 Å². The van der Waals surface area contributed by atoms with E-state index in [9.17, 15) is 10.2 Å². The van der Waals surface area contributed by atoms with Crippen molar-refractivity contribution in [2.75, 3.05) is 13.7 Å². The van der Waals surface area contributed by atoms with E-state index in [0.29, 0.717) is 35.8 Å². The van der Waals surface area contributed by atoms with Gasteiger partial charge >= 0.3 is 0 Å². The van der Waals surface area contributed by atoms with Gasteiger partial charge in [-0.05, 0) is 118 Å². The van der Waals surface area contributed by atoms with Crippen LogP contribution in [0, 0.1) is 53.3 Å². The number of aliphatic hydroxyl groups is 1. The summed E-state index contributed by atoms with van der Waals surface area (Å²) in [5.74, 6) is 10.2. The number of phenols is 1. The number of benzene rings is 1. The van der Waals surface area contributed by atoms with E-state index in [1.165, 1.54) is 61.6 Å². The molecule has 1 unspecified atom stereocenters. The summed E-state index contributed by atoms with van der Waals surface area (Å²) in [5, 5.41) is 24.8. The van der Waals surface area contributed by atoms with E-state index in [0.717, 1.165) is 38.6 Å². The first kappa shape index (κ1) is 27.3. The van der Waals surface area contributed by atoms with Gasteiger partial charge in [-0.2, -0.15) is 0 Å². The molecule has 6 bridgehead atoms. The van der Waals surface area contributed by atoms with Crippen molar-refractivity contribution in [3.05, 3.63) is 28.8 Å². The van der Waals surface area contributed by atoms with Crippen LogP contribution in [0.4, 0.5) is 0 Å². The summed E-state index contributed by atoms with van der Waals surface area (Å²) in [7, 11) is 1.98. The highest BCUT2D eigenvalue weighted by molar-refractivity contribution is 5.45. The zero-order valence-electron chi connectivity index (χ0n) is 24.7. The van der Waals surface area contributed by atoms with Crippen molar-refractivity contribution in [3.63, 3.8) is 0 Å². The van der Waals surface area contributed by atoms with Gasteiger partial charge in [0.1, 0.15) is 5.75 Å². The first-order chi connectivity index (χ1) is 19.3. The normalized spacial score (nSPS) is 44.2. The van der Waals surface area contributed by atoms with Crippen LogP contribution >= 0.6 is 0 Å². The second-order valence-electron chi connectivity index (χ2n) is 14.8. The molecular formula is C35H50N2O3. The molecule has 2 saturated heterocycles. The Kier molecular flexibility index (Phi) is 6.82. The molecule has 5 aliphatic carbocycles. The van der Waals surface area contributed by atoms with E-state index in [1.807, 2.05) is 19.2 Å². The van der Waals surface area contributed by atoms with Crippen molar-refractivity contribution < 1.29 is 14.9 Å². The molecule has 40 heavy (non-hydrogen) atoms. The molecule has 4 saturated carbocycles. The van der Waals surface area contributed by atoms with Gasteiger partial charge < -0.3 is 26.0 Å². The first-order valence-electron chi connectivity index (χ1n) is 16.4. The maximum Gasteiger partial charge on any atom is 0.116 e. The number of hydrogen-bond acceptors (Lipinski definition) is 5. The topological polar surface area (TPSA) is 87.7 Å². The quantitative estimate of drug-likeness (QED) is 0.395. The summed E-state index contributed by atoms with van der Waals surface area (Å²) in [5.41, 5.74) is 10.5. The van der Waals surface area contributed by atoms with Gasteiger partial charge in [-0.25, -0.2) is 0 Å². The van der Waals surface area contributed by atoms with Crippen LogP contribution in [-0.4, -0.2) is 40.6 Å². The molecule has 2 aliphatic heterocycles. The van der Waals surface area contributed by atoms with Crippen molar-refractivity contribution in [1.29, 1.82) is 0 Å². The summed E-state index contributed by atoms with van der Waals surface area (Å²) in [6.45, 7) is 3.33. The predicted molar refractivity (Wildman–Crippen MR) is 157 cm³/mol. The van der Waals surface area contributed by atoms with E-state index in [4.69, 9.17) is 10.5 Å². The minimum atomic E-state index is -0.529. The number of hydrogen-bond donors (Lipinski definition) is 4. The number of ether oxygens (including phenoxy) is 1. The Morgan fingerprint density at radius 3 is 2.65 bits per heavy atom. The third-order valence-corrected chi connectivity index (χ3v) is 12.9. The summed E-state index contributed by atoms with van der Waals surface area (Å²) in [6, 6.07) is 3.89. The lowest BCUT2D eigenvalue weighted by Crippen LogP contribution is -2.84. The average Bonchev–Trinajstić information content (AvgIpc) is 3.48. The summed E-state index contributed by atoms with van der Waals surface area (Å²) in [6.07, 6.45) is 14.8. The van der Waals surface area contributed by atoms with Crippen LogP contribution in [0.15, 0.2) is 12.1 Å². The van der Waals surface area contributed by atoms with Crippen LogP contribution in [0.3, 0.4) is 0 Å². The Hall–Kier alpha value is -1.58. The molecule has 6 fully saturated rings. The second-order valence-corrected chi connectivity index (χ2v) is 14.8.